The number of nitrogens with one attached hydrogen (secondary N) is 1. The zero-order valence-corrected chi connectivity index (χ0v) is 13.0. The molecule has 112 valence electrons. The lowest BCUT2D eigenvalue weighted by molar-refractivity contribution is 0.207. The van der Waals surface area contributed by atoms with Crippen LogP contribution in [0.4, 0.5) is 0 Å². The van der Waals surface area contributed by atoms with Gasteiger partial charge in [-0.1, -0.05) is 38.5 Å². The topological polar surface area (TPSA) is 29.9 Å². The predicted octanol–water partition coefficient (Wildman–Crippen LogP) is 3.79. The molecule has 1 N–H and O–H groups in total. The van der Waals surface area contributed by atoms with Crippen molar-refractivity contribution in [3.05, 3.63) is 48.3 Å². The Labute approximate surface area is 127 Å². The maximum Gasteiger partial charge on any atom is 0.0690 e. The Bertz CT molecular complexity index is 552. The maximum absolute atomic E-state index is 4.36. The van der Waals surface area contributed by atoms with Crippen LogP contribution in [0, 0.1) is 11.8 Å². The van der Waals surface area contributed by atoms with Gasteiger partial charge in [0.05, 0.1) is 5.69 Å². The lowest BCUT2D eigenvalue weighted by atomic mass is 9.78. The molecular formula is C18H25N3. The Balaban J connectivity index is 1.73. The van der Waals surface area contributed by atoms with Gasteiger partial charge in [0.25, 0.3) is 0 Å². The Morgan fingerprint density at radius 3 is 2.62 bits per heavy atom. The minimum Gasteiger partial charge on any atom is -0.309 e. The summed E-state index contributed by atoms with van der Waals surface area (Å²) in [4.78, 5) is 0. The zero-order valence-electron chi connectivity index (χ0n) is 13.0. The van der Waals surface area contributed by atoms with Gasteiger partial charge >= 0.3 is 0 Å². The Morgan fingerprint density at radius 1 is 1.14 bits per heavy atom. The highest BCUT2D eigenvalue weighted by Gasteiger charge is 2.27. The van der Waals surface area contributed by atoms with Crippen LogP contribution in [0.5, 0.6) is 0 Å². The number of hydrogen-bond acceptors (Lipinski definition) is 2. The van der Waals surface area contributed by atoms with Crippen LogP contribution >= 0.6 is 0 Å². The van der Waals surface area contributed by atoms with E-state index in [1.807, 2.05) is 23.1 Å². The van der Waals surface area contributed by atoms with Gasteiger partial charge in [-0.3, -0.25) is 0 Å². The fourth-order valence-electron chi connectivity index (χ4n) is 3.61. The molecule has 2 aromatic rings. The van der Waals surface area contributed by atoms with Crippen molar-refractivity contribution in [3.8, 4) is 5.69 Å². The molecule has 1 aromatic carbocycles. The Hall–Kier alpha value is -1.61. The van der Waals surface area contributed by atoms with Crippen LogP contribution in [-0.4, -0.2) is 15.8 Å². The maximum atomic E-state index is 4.36. The summed E-state index contributed by atoms with van der Waals surface area (Å²) in [7, 11) is 0. The van der Waals surface area contributed by atoms with Gasteiger partial charge in [-0.15, -0.1) is 0 Å². The molecule has 0 amide bonds. The van der Waals surface area contributed by atoms with Crippen molar-refractivity contribution in [2.45, 2.75) is 45.7 Å². The normalized spacial score (nSPS) is 25.9. The molecule has 0 radical (unpaired) electrons. The van der Waals surface area contributed by atoms with E-state index in [9.17, 15) is 0 Å². The fraction of sp³-hybridized carbons (Fsp3) is 0.500. The van der Waals surface area contributed by atoms with Gasteiger partial charge in [-0.05, 0) is 42.4 Å². The quantitative estimate of drug-likeness (QED) is 0.925. The molecule has 3 nitrogen and oxygen atoms in total. The number of hydrogen-bond donors (Lipinski definition) is 1. The first-order valence-corrected chi connectivity index (χ1v) is 8.07. The van der Waals surface area contributed by atoms with Crippen molar-refractivity contribution >= 4 is 0 Å². The number of para-hydroxylation sites is 1. The van der Waals surface area contributed by atoms with E-state index in [0.717, 1.165) is 18.4 Å². The second kappa shape index (κ2) is 6.44. The first kappa shape index (κ1) is 14.3. The summed E-state index contributed by atoms with van der Waals surface area (Å²) in [5.74, 6) is 1.54. The van der Waals surface area contributed by atoms with E-state index in [2.05, 4.69) is 48.5 Å². The van der Waals surface area contributed by atoms with E-state index in [-0.39, 0.29) is 0 Å². The van der Waals surface area contributed by atoms with E-state index in [1.165, 1.54) is 30.5 Å². The molecule has 3 rings (SSSR count). The largest absolute Gasteiger partial charge is 0.309 e. The second-order valence-corrected chi connectivity index (χ2v) is 6.37. The second-order valence-electron chi connectivity index (χ2n) is 6.37. The molecule has 21 heavy (non-hydrogen) atoms. The van der Waals surface area contributed by atoms with Crippen molar-refractivity contribution in [2.24, 2.45) is 11.8 Å². The molecule has 1 saturated carbocycles. The molecule has 3 heteroatoms. The van der Waals surface area contributed by atoms with E-state index >= 15 is 0 Å². The molecule has 1 aliphatic carbocycles. The highest BCUT2D eigenvalue weighted by atomic mass is 15.3. The monoisotopic (exact) mass is 283 g/mol. The average molecular weight is 283 g/mol. The highest BCUT2D eigenvalue weighted by Crippen LogP contribution is 2.29. The van der Waals surface area contributed by atoms with E-state index in [0.29, 0.717) is 6.04 Å². The predicted molar refractivity (Wildman–Crippen MR) is 86.4 cm³/mol. The standard InChI is InChI=1S/C18H25N3/c1-14-7-5-8-15(2)18(14)19-13-16-9-3-4-10-17(16)21-12-6-11-20-21/h3-4,6,9-12,14-15,18-19H,5,7-8,13H2,1-2H3. The van der Waals surface area contributed by atoms with Gasteiger partial charge in [0.15, 0.2) is 0 Å². The van der Waals surface area contributed by atoms with Crippen molar-refractivity contribution in [1.82, 2.24) is 15.1 Å². The minimum atomic E-state index is 0.629. The highest BCUT2D eigenvalue weighted by molar-refractivity contribution is 5.40. The van der Waals surface area contributed by atoms with Gasteiger partial charge in [-0.25, -0.2) is 4.68 Å². The summed E-state index contributed by atoms with van der Waals surface area (Å²) in [6.07, 6.45) is 7.91. The van der Waals surface area contributed by atoms with Gasteiger partial charge < -0.3 is 5.32 Å². The van der Waals surface area contributed by atoms with Gasteiger partial charge in [0.1, 0.15) is 0 Å². The average Bonchev–Trinajstić information content (AvgIpc) is 3.01. The fourth-order valence-corrected chi connectivity index (χ4v) is 3.61. The first-order chi connectivity index (χ1) is 10.3. The number of nitrogens with zero attached hydrogens (tertiary/aromatic N) is 2. The third-order valence-electron chi connectivity index (χ3n) is 4.82. The van der Waals surface area contributed by atoms with Gasteiger partial charge in [0.2, 0.25) is 0 Å². The lowest BCUT2D eigenvalue weighted by Gasteiger charge is -2.35. The summed E-state index contributed by atoms with van der Waals surface area (Å²) in [5, 5.41) is 8.16. The van der Waals surface area contributed by atoms with Crippen LogP contribution in [0.3, 0.4) is 0 Å². The Morgan fingerprint density at radius 2 is 1.90 bits per heavy atom. The molecular weight excluding hydrogens is 258 g/mol. The zero-order chi connectivity index (χ0) is 14.7. The molecule has 1 fully saturated rings. The van der Waals surface area contributed by atoms with E-state index in [4.69, 9.17) is 0 Å². The van der Waals surface area contributed by atoms with Crippen LogP contribution in [-0.2, 0) is 6.54 Å². The SMILES string of the molecule is CC1CCCC(C)C1NCc1ccccc1-n1cccn1. The summed E-state index contributed by atoms with van der Waals surface area (Å²) in [5.41, 5.74) is 2.48. The minimum absolute atomic E-state index is 0.629. The third-order valence-corrected chi connectivity index (χ3v) is 4.82. The van der Waals surface area contributed by atoms with Crippen LogP contribution in [0.2, 0.25) is 0 Å². The van der Waals surface area contributed by atoms with Gasteiger partial charge in [-0.2, -0.15) is 5.10 Å². The lowest BCUT2D eigenvalue weighted by Crippen LogP contribution is -2.42. The smallest absolute Gasteiger partial charge is 0.0690 e. The van der Waals surface area contributed by atoms with Crippen molar-refractivity contribution in [3.63, 3.8) is 0 Å². The molecule has 0 aliphatic heterocycles. The van der Waals surface area contributed by atoms with Crippen molar-refractivity contribution < 1.29 is 0 Å². The summed E-state index contributed by atoms with van der Waals surface area (Å²) < 4.78 is 1.95. The van der Waals surface area contributed by atoms with Crippen LogP contribution in [0.1, 0.15) is 38.7 Å². The van der Waals surface area contributed by atoms with Gasteiger partial charge in [0, 0.05) is 25.0 Å². The number of rotatable bonds is 4. The van der Waals surface area contributed by atoms with Crippen molar-refractivity contribution in [2.75, 3.05) is 0 Å². The summed E-state index contributed by atoms with van der Waals surface area (Å²) >= 11 is 0. The molecule has 1 aliphatic rings. The molecule has 2 unspecified atom stereocenters. The molecule has 2 atom stereocenters. The van der Waals surface area contributed by atoms with Crippen LogP contribution in [0.15, 0.2) is 42.7 Å². The van der Waals surface area contributed by atoms with Crippen LogP contribution in [0.25, 0.3) is 5.69 Å². The third kappa shape index (κ3) is 3.18. The molecule has 1 aromatic heterocycles. The Kier molecular flexibility index (Phi) is 4.39. The van der Waals surface area contributed by atoms with Crippen LogP contribution < -0.4 is 5.32 Å². The first-order valence-electron chi connectivity index (χ1n) is 8.07. The van der Waals surface area contributed by atoms with E-state index < -0.39 is 0 Å². The molecule has 0 saturated heterocycles. The van der Waals surface area contributed by atoms with Crippen molar-refractivity contribution in [1.29, 1.82) is 0 Å². The summed E-state index contributed by atoms with van der Waals surface area (Å²) in [6.45, 7) is 5.68. The van der Waals surface area contributed by atoms with E-state index in [1.54, 1.807) is 0 Å². The summed E-state index contributed by atoms with van der Waals surface area (Å²) in [6, 6.07) is 11.1. The molecule has 1 heterocycles. The number of aromatic nitrogens is 2. The molecule has 0 spiro atoms. The molecule has 0 bridgehead atoms. The number of benzene rings is 1.